The first-order chi connectivity index (χ1) is 19.0. The van der Waals surface area contributed by atoms with Gasteiger partial charge in [0.05, 0.1) is 17.8 Å². The molecule has 0 saturated heterocycles. The first kappa shape index (κ1) is 25.7. The van der Waals surface area contributed by atoms with Crippen molar-refractivity contribution >= 4 is 28.3 Å². The minimum atomic E-state index is -0.448. The van der Waals surface area contributed by atoms with Gasteiger partial charge in [-0.3, -0.25) is 4.79 Å². The summed E-state index contributed by atoms with van der Waals surface area (Å²) < 4.78 is 26.6. The van der Waals surface area contributed by atoms with Crippen molar-refractivity contribution in [3.05, 3.63) is 84.5 Å². The minimum Gasteiger partial charge on any atom is -0.488 e. The molecule has 2 N–H and O–H groups in total. The van der Waals surface area contributed by atoms with Gasteiger partial charge < -0.3 is 20.1 Å². The van der Waals surface area contributed by atoms with Crippen molar-refractivity contribution in [3.63, 3.8) is 0 Å². The third-order valence-corrected chi connectivity index (χ3v) is 6.02. The lowest BCUT2D eigenvalue weighted by Gasteiger charge is -2.12. The monoisotopic (exact) mass is 527 g/mol. The van der Waals surface area contributed by atoms with Gasteiger partial charge in [0.2, 0.25) is 5.82 Å². The number of fused-ring (bicyclic) bond motifs is 1. The van der Waals surface area contributed by atoms with E-state index < -0.39 is 5.82 Å². The molecule has 0 bridgehead atoms. The second-order valence-corrected chi connectivity index (χ2v) is 8.59. The van der Waals surface area contributed by atoms with Crippen LogP contribution in [0.15, 0.2) is 67.0 Å². The number of halogens is 1. The molecule has 39 heavy (non-hydrogen) atoms. The van der Waals surface area contributed by atoms with Crippen LogP contribution in [0.3, 0.4) is 0 Å². The zero-order valence-corrected chi connectivity index (χ0v) is 21.6. The number of hydrogen-bond donors (Lipinski definition) is 2. The van der Waals surface area contributed by atoms with E-state index in [-0.39, 0.29) is 24.1 Å². The third-order valence-electron chi connectivity index (χ3n) is 6.02. The van der Waals surface area contributed by atoms with Gasteiger partial charge in [0.1, 0.15) is 24.6 Å². The van der Waals surface area contributed by atoms with Crippen LogP contribution in [0.1, 0.15) is 16.4 Å². The van der Waals surface area contributed by atoms with Gasteiger partial charge in [-0.05, 0) is 66.6 Å². The number of aryl methyl sites for hydroxylation is 1. The molecular weight excluding hydrogens is 501 g/mol. The molecule has 5 aromatic rings. The topological polar surface area (TPSA) is 116 Å². The summed E-state index contributed by atoms with van der Waals surface area (Å²) in [4.78, 5) is 24.9. The highest BCUT2D eigenvalue weighted by Crippen LogP contribution is 2.31. The summed E-state index contributed by atoms with van der Waals surface area (Å²) in [5.74, 6) is 0.684. The number of benzene rings is 3. The summed E-state index contributed by atoms with van der Waals surface area (Å²) >= 11 is 0. The highest BCUT2D eigenvalue weighted by Gasteiger charge is 2.14. The molecule has 0 radical (unpaired) electrons. The quantitative estimate of drug-likeness (QED) is 0.270. The molecule has 5 rings (SSSR count). The molecule has 0 fully saturated rings. The smallest absolute Gasteiger partial charge is 0.290 e. The highest BCUT2D eigenvalue weighted by atomic mass is 19.1. The summed E-state index contributed by atoms with van der Waals surface area (Å²) in [6.07, 6.45) is 1.49. The number of rotatable bonds is 9. The summed E-state index contributed by atoms with van der Waals surface area (Å²) in [7, 11) is 3.10. The number of anilines is 2. The van der Waals surface area contributed by atoms with Crippen molar-refractivity contribution in [2.75, 3.05) is 32.7 Å². The molecule has 2 heterocycles. The van der Waals surface area contributed by atoms with Crippen LogP contribution in [0, 0.1) is 12.7 Å². The van der Waals surface area contributed by atoms with Gasteiger partial charge in [0, 0.05) is 25.2 Å². The summed E-state index contributed by atoms with van der Waals surface area (Å²) in [6.45, 7) is 2.43. The standard InChI is InChI=1S/C28H26FN7O3/c1-17-33-27(28(37)30-2)35-36(17)21-8-6-20(7-9-21)34-26-22-14-18(4-10-24(22)31-16-32-26)19-5-11-25(23(29)15-19)39-13-12-38-3/h4-11,14-16H,12-13H2,1-3H3,(H,30,37)(H,31,32,34). The molecule has 0 spiro atoms. The van der Waals surface area contributed by atoms with Gasteiger partial charge in [-0.1, -0.05) is 12.1 Å². The number of amides is 1. The van der Waals surface area contributed by atoms with E-state index in [0.29, 0.717) is 23.8 Å². The van der Waals surface area contributed by atoms with Crippen molar-refractivity contribution in [3.8, 4) is 22.6 Å². The molecule has 0 aliphatic heterocycles. The second-order valence-electron chi connectivity index (χ2n) is 8.59. The largest absolute Gasteiger partial charge is 0.488 e. The lowest BCUT2D eigenvalue weighted by atomic mass is 10.0. The number of hydrogen-bond acceptors (Lipinski definition) is 8. The van der Waals surface area contributed by atoms with Crippen LogP contribution >= 0.6 is 0 Å². The van der Waals surface area contributed by atoms with Crippen molar-refractivity contribution in [2.24, 2.45) is 0 Å². The molecule has 0 unspecified atom stereocenters. The zero-order chi connectivity index (χ0) is 27.4. The van der Waals surface area contributed by atoms with Gasteiger partial charge in [-0.2, -0.15) is 0 Å². The Morgan fingerprint density at radius 3 is 2.51 bits per heavy atom. The number of nitrogens with zero attached hydrogens (tertiary/aromatic N) is 5. The number of nitrogens with one attached hydrogen (secondary N) is 2. The van der Waals surface area contributed by atoms with E-state index in [4.69, 9.17) is 9.47 Å². The van der Waals surface area contributed by atoms with E-state index >= 15 is 0 Å². The summed E-state index contributed by atoms with van der Waals surface area (Å²) in [5.41, 5.74) is 3.80. The molecule has 0 aliphatic carbocycles. The lowest BCUT2D eigenvalue weighted by Crippen LogP contribution is -2.19. The Hall–Kier alpha value is -4.90. The van der Waals surface area contributed by atoms with E-state index in [1.54, 1.807) is 24.8 Å². The molecular formula is C28H26FN7O3. The second kappa shape index (κ2) is 11.2. The zero-order valence-electron chi connectivity index (χ0n) is 21.6. The number of methoxy groups -OCH3 is 1. The van der Waals surface area contributed by atoms with Crippen molar-refractivity contribution < 1.29 is 18.7 Å². The maximum atomic E-state index is 14.7. The van der Waals surface area contributed by atoms with Crippen LogP contribution in [0.25, 0.3) is 27.7 Å². The molecule has 0 aliphatic rings. The van der Waals surface area contributed by atoms with Gasteiger partial charge >= 0.3 is 0 Å². The SMILES string of the molecule is CNC(=O)c1nc(C)n(-c2ccc(Nc3ncnc4ccc(-c5ccc(OCCOC)c(F)c5)cc34)cc2)n1. The van der Waals surface area contributed by atoms with Gasteiger partial charge in [-0.25, -0.2) is 24.0 Å². The first-order valence-electron chi connectivity index (χ1n) is 12.2. The molecule has 11 heteroatoms. The maximum absolute atomic E-state index is 14.7. The van der Waals surface area contributed by atoms with E-state index in [9.17, 15) is 9.18 Å². The van der Waals surface area contributed by atoms with E-state index in [1.165, 1.54) is 19.4 Å². The molecule has 198 valence electrons. The molecule has 10 nitrogen and oxygen atoms in total. The molecule has 0 saturated carbocycles. The van der Waals surface area contributed by atoms with E-state index in [2.05, 4.69) is 30.7 Å². The Kier molecular flexibility index (Phi) is 7.41. The Balaban J connectivity index is 1.39. The molecule has 2 aromatic heterocycles. The van der Waals surface area contributed by atoms with Gasteiger partial charge in [0.25, 0.3) is 5.91 Å². The number of ether oxygens (including phenoxy) is 2. The van der Waals surface area contributed by atoms with Crippen LogP contribution in [-0.2, 0) is 4.74 Å². The van der Waals surface area contributed by atoms with Crippen LogP contribution in [0.5, 0.6) is 5.75 Å². The van der Waals surface area contributed by atoms with E-state index in [0.717, 1.165) is 27.8 Å². The average Bonchev–Trinajstić information content (AvgIpc) is 3.35. The van der Waals surface area contributed by atoms with Crippen molar-refractivity contribution in [1.82, 2.24) is 30.0 Å². The van der Waals surface area contributed by atoms with Gasteiger partial charge in [0.15, 0.2) is 11.6 Å². The first-order valence-corrected chi connectivity index (χ1v) is 12.2. The van der Waals surface area contributed by atoms with E-state index in [1.807, 2.05) is 48.5 Å². The summed E-state index contributed by atoms with van der Waals surface area (Å²) in [6, 6.07) is 18.0. The third kappa shape index (κ3) is 5.53. The lowest BCUT2D eigenvalue weighted by molar-refractivity contribution is 0.0953. The molecule has 3 aromatic carbocycles. The van der Waals surface area contributed by atoms with Crippen LogP contribution < -0.4 is 15.4 Å². The van der Waals surface area contributed by atoms with Crippen LogP contribution in [0.4, 0.5) is 15.9 Å². The maximum Gasteiger partial charge on any atom is 0.290 e. The van der Waals surface area contributed by atoms with Crippen molar-refractivity contribution in [1.29, 1.82) is 0 Å². The predicted octanol–water partition coefficient (Wildman–Crippen LogP) is 4.45. The highest BCUT2D eigenvalue weighted by molar-refractivity contribution is 5.94. The van der Waals surface area contributed by atoms with Crippen LogP contribution in [-0.4, -0.2) is 58.0 Å². The molecule has 0 atom stereocenters. The normalized spacial score (nSPS) is 11.0. The van der Waals surface area contributed by atoms with Crippen LogP contribution in [0.2, 0.25) is 0 Å². The Morgan fingerprint density at radius 2 is 1.77 bits per heavy atom. The fourth-order valence-corrected chi connectivity index (χ4v) is 4.03. The predicted molar refractivity (Wildman–Crippen MR) is 145 cm³/mol. The Morgan fingerprint density at radius 1 is 1.00 bits per heavy atom. The van der Waals surface area contributed by atoms with Crippen molar-refractivity contribution in [2.45, 2.75) is 6.92 Å². The number of carbonyl (C=O) groups excluding carboxylic acids is 1. The Labute approximate surface area is 223 Å². The summed E-state index contributed by atoms with van der Waals surface area (Å²) in [5, 5.41) is 10.9. The Bertz CT molecular complexity index is 1640. The minimum absolute atomic E-state index is 0.105. The van der Waals surface area contributed by atoms with Gasteiger partial charge in [-0.15, -0.1) is 5.10 Å². The number of aromatic nitrogens is 5. The number of carbonyl (C=O) groups is 1. The average molecular weight is 528 g/mol. The fourth-order valence-electron chi connectivity index (χ4n) is 4.03. The fraction of sp³-hybridized carbons (Fsp3) is 0.179. The molecule has 1 amide bonds.